The molecule has 2 N–H and O–H groups in total. The van der Waals surface area contributed by atoms with Crippen molar-refractivity contribution in [3.8, 4) is 0 Å². The fourth-order valence-electron chi connectivity index (χ4n) is 2.22. The number of carbonyl (C=O) groups excluding carboxylic acids is 2. The summed E-state index contributed by atoms with van der Waals surface area (Å²) in [5.41, 5.74) is -0.194. The zero-order chi connectivity index (χ0) is 30.7. The maximum absolute atomic E-state index is 11.1. The van der Waals surface area contributed by atoms with E-state index in [4.69, 9.17) is 21.8 Å². The molecule has 3 unspecified atom stereocenters. The van der Waals surface area contributed by atoms with Gasteiger partial charge in [0.15, 0.2) is 0 Å². The minimum absolute atomic E-state index is 0. The number of benzene rings is 1. The zero-order valence-corrected chi connectivity index (χ0v) is 25.8. The number of esters is 2. The molecule has 0 amide bonds. The van der Waals surface area contributed by atoms with Crippen LogP contribution in [0.15, 0.2) is 30.3 Å². The van der Waals surface area contributed by atoms with Gasteiger partial charge in [-0.3, -0.25) is 19.2 Å². The molecule has 0 fully saturated rings. The first kappa shape index (κ1) is 85.3. The summed E-state index contributed by atoms with van der Waals surface area (Å²) in [7, 11) is 2.83. The fourth-order valence-corrected chi connectivity index (χ4v) is 2.22. The van der Waals surface area contributed by atoms with Gasteiger partial charge in [0.1, 0.15) is 4.87 Å². The van der Waals surface area contributed by atoms with Crippen LogP contribution in [0.25, 0.3) is 0 Å². The number of carbonyl (C=O) groups is 4. The lowest BCUT2D eigenvalue weighted by Crippen LogP contribution is -2.31. The molecule has 0 spiro atoms. The number of rotatable bonds is 9. The van der Waals surface area contributed by atoms with E-state index in [0.29, 0.717) is 12.8 Å². The van der Waals surface area contributed by atoms with Crippen LogP contribution in [0.5, 0.6) is 0 Å². The minimum atomic E-state index is -1.07. The van der Waals surface area contributed by atoms with Gasteiger partial charge in [-0.05, 0) is 58.9 Å². The van der Waals surface area contributed by atoms with Crippen molar-refractivity contribution in [2.45, 2.75) is 173 Å². The Kier molecular flexibility index (Phi) is 75.3. The van der Waals surface area contributed by atoms with Crippen molar-refractivity contribution in [2.75, 3.05) is 14.2 Å². The predicted octanol–water partition coefficient (Wildman–Crippen LogP) is 13.1. The molecule has 0 aliphatic rings. The number of carboxylic acid groups (broad SMARTS) is 2. The van der Waals surface area contributed by atoms with Crippen LogP contribution in [0.4, 0.5) is 0 Å². The van der Waals surface area contributed by atoms with E-state index in [1.807, 2.05) is 71.9 Å². The van der Waals surface area contributed by atoms with Gasteiger partial charge >= 0.3 is 23.9 Å². The van der Waals surface area contributed by atoms with Crippen molar-refractivity contribution in [3.05, 3.63) is 35.9 Å². The average molecular weight is 722 g/mol. The molecule has 8 nitrogen and oxygen atoms in total. The third-order valence-corrected chi connectivity index (χ3v) is 6.97. The number of halogens is 1. The molecule has 1 rings (SSSR count). The molecule has 0 radical (unpaired) electrons. The highest BCUT2D eigenvalue weighted by Gasteiger charge is 2.32. The molecule has 3 atom stereocenters. The zero-order valence-electron chi connectivity index (χ0n) is 25.0. The van der Waals surface area contributed by atoms with Gasteiger partial charge in [-0.1, -0.05) is 139 Å². The molecular weight excluding hydrogens is 632 g/mol. The van der Waals surface area contributed by atoms with E-state index in [-0.39, 0.29) is 97.5 Å². The summed E-state index contributed by atoms with van der Waals surface area (Å²) >= 11 is 5.46. The Morgan fingerprint density at radius 3 is 1.19 bits per heavy atom. The Labute approximate surface area is 307 Å². The molecule has 9 heteroatoms. The maximum atomic E-state index is 11.1. The van der Waals surface area contributed by atoms with Crippen LogP contribution in [0, 0.1) is 11.3 Å². The third kappa shape index (κ3) is 33.3. The highest BCUT2D eigenvalue weighted by Crippen LogP contribution is 2.27. The lowest BCUT2D eigenvalue weighted by molar-refractivity contribution is -0.151. The van der Waals surface area contributed by atoms with Gasteiger partial charge in [0, 0.05) is 0 Å². The number of alkyl halides is 1. The molecule has 0 saturated heterocycles. The van der Waals surface area contributed by atoms with E-state index in [1.165, 1.54) is 21.1 Å². The quantitative estimate of drug-likeness (QED) is 0.191. The molecule has 1 aromatic carbocycles. The lowest BCUT2D eigenvalue weighted by atomic mass is 9.80. The van der Waals surface area contributed by atoms with Crippen molar-refractivity contribution in [1.82, 2.24) is 0 Å². The molecule has 48 heavy (non-hydrogen) atoms. The Hall–Kier alpha value is -2.61. The Balaban J connectivity index is -0.0000000295. The highest BCUT2D eigenvalue weighted by molar-refractivity contribution is 6.33. The highest BCUT2D eigenvalue weighted by atomic mass is 35.5. The molecule has 300 valence electrons. The summed E-state index contributed by atoms with van der Waals surface area (Å²) in [5.74, 6) is -1.92. The fraction of sp³-hybridized carbons (Fsp3) is 0.744. The average Bonchev–Trinajstić information content (AvgIpc) is 2.92. The molecule has 1 aromatic rings. The van der Waals surface area contributed by atoms with Crippen LogP contribution in [0.2, 0.25) is 0 Å². The second-order valence-corrected chi connectivity index (χ2v) is 10.6. The molecule has 0 heterocycles. The number of ether oxygens (including phenoxy) is 2. The Bertz CT molecular complexity index is 838. The van der Waals surface area contributed by atoms with Gasteiger partial charge in [0.05, 0.1) is 31.0 Å². The van der Waals surface area contributed by atoms with Gasteiger partial charge in [-0.15, -0.1) is 11.6 Å². The monoisotopic (exact) mass is 721 g/mol. The standard InChI is InChI=1S/C11H14O2.C7H14O2.C6H12O2.C5H9ClO2.10CH4/c1-3-11(2,10(12)13)9-7-5-4-6-8-9;1-5-7(2,3)6(8)9-4;1-4-5(2)6(7)8-3;1-3-5(2,6)4(7)8;;;;;;;;;;/h4-8H,3H2,1-2H3,(H,12,13);5H2,1-4H3;5H,4H2,1-3H3;3H2,1-2H3,(H,7,8);10*1H4. The van der Waals surface area contributed by atoms with Crippen LogP contribution in [-0.4, -0.2) is 53.2 Å². The molecule has 0 aliphatic heterocycles. The first-order valence-corrected chi connectivity index (χ1v) is 13.1. The lowest BCUT2D eigenvalue weighted by Gasteiger charge is -2.23. The number of carboxylic acids is 2. The first-order chi connectivity index (χ1) is 17.4. The van der Waals surface area contributed by atoms with E-state index in [0.717, 1.165) is 18.4 Å². The summed E-state index contributed by atoms with van der Waals surface area (Å²) in [6, 6.07) is 9.34. The van der Waals surface area contributed by atoms with E-state index in [9.17, 15) is 19.2 Å². The van der Waals surface area contributed by atoms with Crippen molar-refractivity contribution < 1.29 is 38.9 Å². The first-order valence-electron chi connectivity index (χ1n) is 12.8. The number of methoxy groups -OCH3 is 2. The van der Waals surface area contributed by atoms with Crippen LogP contribution in [0.1, 0.15) is 168 Å². The molecular formula is C39H89ClO8. The van der Waals surface area contributed by atoms with E-state index >= 15 is 0 Å². The summed E-state index contributed by atoms with van der Waals surface area (Å²) in [4.78, 5) is 41.5. The van der Waals surface area contributed by atoms with Crippen molar-refractivity contribution >= 4 is 35.5 Å². The third-order valence-electron chi connectivity index (χ3n) is 6.54. The Morgan fingerprint density at radius 1 is 0.667 bits per heavy atom. The normalized spacial score (nSPS) is 11.2. The van der Waals surface area contributed by atoms with Crippen molar-refractivity contribution in [2.24, 2.45) is 11.3 Å². The van der Waals surface area contributed by atoms with Gasteiger partial charge < -0.3 is 19.7 Å². The molecule has 0 bridgehead atoms. The summed E-state index contributed by atoms with van der Waals surface area (Å²) in [6.45, 7) is 16.4. The summed E-state index contributed by atoms with van der Waals surface area (Å²) in [5, 5.41) is 17.4. The van der Waals surface area contributed by atoms with Gasteiger partial charge in [0.2, 0.25) is 0 Å². The minimum Gasteiger partial charge on any atom is -0.481 e. The van der Waals surface area contributed by atoms with Gasteiger partial charge in [-0.2, -0.15) is 0 Å². The number of hydrogen-bond acceptors (Lipinski definition) is 6. The van der Waals surface area contributed by atoms with Crippen LogP contribution >= 0.6 is 11.6 Å². The van der Waals surface area contributed by atoms with Crippen LogP contribution in [0.3, 0.4) is 0 Å². The SMILES string of the molecule is C.C.C.C.C.C.C.C.C.C.CCC(C)(C(=O)O)c1ccccc1.CCC(C)(C)C(=O)OC.CCC(C)(Cl)C(=O)O.CCC(C)C(=O)OC. The summed E-state index contributed by atoms with van der Waals surface area (Å²) in [6.07, 6.45) is 2.72. The molecule has 0 saturated carbocycles. The van der Waals surface area contributed by atoms with Crippen molar-refractivity contribution in [1.29, 1.82) is 0 Å². The number of hydrogen-bond donors (Lipinski definition) is 2. The predicted molar refractivity (Wildman–Crippen MR) is 219 cm³/mol. The second kappa shape index (κ2) is 42.4. The summed E-state index contributed by atoms with van der Waals surface area (Å²) < 4.78 is 9.03. The van der Waals surface area contributed by atoms with Gasteiger partial charge in [0.25, 0.3) is 0 Å². The molecule has 0 aromatic heterocycles. The largest absolute Gasteiger partial charge is 0.481 e. The number of aliphatic carboxylic acids is 2. The van der Waals surface area contributed by atoms with Gasteiger partial charge in [-0.25, -0.2) is 0 Å². The van der Waals surface area contributed by atoms with E-state index in [2.05, 4.69) is 9.47 Å². The van der Waals surface area contributed by atoms with E-state index in [1.54, 1.807) is 13.8 Å². The molecule has 0 aliphatic carbocycles. The maximum Gasteiger partial charge on any atom is 0.324 e. The van der Waals surface area contributed by atoms with Crippen LogP contribution < -0.4 is 0 Å². The smallest absolute Gasteiger partial charge is 0.324 e. The van der Waals surface area contributed by atoms with Crippen molar-refractivity contribution in [3.63, 3.8) is 0 Å². The van der Waals surface area contributed by atoms with Crippen LogP contribution in [-0.2, 0) is 34.1 Å². The topological polar surface area (TPSA) is 127 Å². The Morgan fingerprint density at radius 2 is 1.04 bits per heavy atom. The van der Waals surface area contributed by atoms with E-state index < -0.39 is 22.2 Å². The second-order valence-electron chi connectivity index (χ2n) is 9.77.